The van der Waals surface area contributed by atoms with Crippen molar-refractivity contribution in [1.82, 2.24) is 4.90 Å². The van der Waals surface area contributed by atoms with Crippen LogP contribution in [0.15, 0.2) is 30.3 Å². The third-order valence-corrected chi connectivity index (χ3v) is 3.59. The molecule has 22 heavy (non-hydrogen) atoms. The van der Waals surface area contributed by atoms with Gasteiger partial charge >= 0.3 is 11.9 Å². The number of Topliss-reactive ketones (excluding diaryl/α,β-unsaturated/α-hetero) is 1. The van der Waals surface area contributed by atoms with E-state index in [0.717, 1.165) is 5.56 Å². The molecule has 1 unspecified atom stereocenters. The Hall–Kier alpha value is -2.21. The molecule has 1 heterocycles. The lowest BCUT2D eigenvalue weighted by Crippen LogP contribution is -2.50. The molecule has 0 radical (unpaired) electrons. The van der Waals surface area contributed by atoms with Crippen molar-refractivity contribution >= 4 is 17.7 Å². The number of ether oxygens (including phenoxy) is 2. The van der Waals surface area contributed by atoms with Gasteiger partial charge in [0.2, 0.25) is 0 Å². The van der Waals surface area contributed by atoms with Crippen LogP contribution < -0.4 is 0 Å². The topological polar surface area (TPSA) is 72.9 Å². The minimum atomic E-state index is -0.699. The number of carbonyl (C=O) groups is 3. The Morgan fingerprint density at radius 1 is 1.27 bits per heavy atom. The molecule has 0 bridgehead atoms. The second-order valence-electron chi connectivity index (χ2n) is 5.15. The molecule has 1 atom stereocenters. The molecule has 0 spiro atoms. The lowest BCUT2D eigenvalue weighted by Gasteiger charge is -2.31. The number of hydrogen-bond donors (Lipinski definition) is 0. The minimum absolute atomic E-state index is 0.00398. The van der Waals surface area contributed by atoms with Crippen LogP contribution in [0.5, 0.6) is 0 Å². The number of nitrogens with zero attached hydrogens (tertiary/aromatic N) is 1. The van der Waals surface area contributed by atoms with Crippen molar-refractivity contribution < 1.29 is 23.9 Å². The minimum Gasteiger partial charge on any atom is -0.468 e. The third kappa shape index (κ3) is 4.39. The number of ketones is 1. The Labute approximate surface area is 129 Å². The predicted octanol–water partition coefficient (Wildman–Crippen LogP) is 0.936. The zero-order valence-corrected chi connectivity index (χ0v) is 12.5. The molecule has 0 aliphatic carbocycles. The molecule has 118 valence electrons. The number of esters is 2. The maximum absolute atomic E-state index is 11.9. The number of benzene rings is 1. The average Bonchev–Trinajstić information content (AvgIpc) is 2.55. The standard InChI is InChI=1S/C16H19NO5/c1-21-16(20)14-9-13(18)7-8-17(14)10-15(19)22-11-12-5-3-2-4-6-12/h2-6,14H,7-11H2,1H3. The van der Waals surface area contributed by atoms with Gasteiger partial charge in [0.05, 0.1) is 13.7 Å². The van der Waals surface area contributed by atoms with Crippen LogP contribution in [0.1, 0.15) is 18.4 Å². The smallest absolute Gasteiger partial charge is 0.323 e. The summed E-state index contributed by atoms with van der Waals surface area (Å²) >= 11 is 0. The van der Waals surface area contributed by atoms with E-state index in [1.54, 1.807) is 4.90 Å². The van der Waals surface area contributed by atoms with Gasteiger partial charge in [-0.1, -0.05) is 30.3 Å². The van der Waals surface area contributed by atoms with E-state index in [9.17, 15) is 14.4 Å². The molecular formula is C16H19NO5. The van der Waals surface area contributed by atoms with Crippen LogP contribution in [0, 0.1) is 0 Å². The Balaban J connectivity index is 1.88. The van der Waals surface area contributed by atoms with Gasteiger partial charge in [-0.25, -0.2) is 0 Å². The molecule has 1 aliphatic rings. The zero-order chi connectivity index (χ0) is 15.9. The van der Waals surface area contributed by atoms with Gasteiger partial charge in [-0.15, -0.1) is 0 Å². The number of hydrogen-bond acceptors (Lipinski definition) is 6. The van der Waals surface area contributed by atoms with Crippen LogP contribution in [0.25, 0.3) is 0 Å². The van der Waals surface area contributed by atoms with Crippen molar-refractivity contribution in [3.8, 4) is 0 Å². The third-order valence-electron chi connectivity index (χ3n) is 3.59. The van der Waals surface area contributed by atoms with Gasteiger partial charge in [0.25, 0.3) is 0 Å². The summed E-state index contributed by atoms with van der Waals surface area (Å²) in [4.78, 5) is 36.8. The average molecular weight is 305 g/mol. The van der Waals surface area contributed by atoms with Gasteiger partial charge in [0.15, 0.2) is 0 Å². The summed E-state index contributed by atoms with van der Waals surface area (Å²) in [6, 6.07) is 8.65. The summed E-state index contributed by atoms with van der Waals surface area (Å²) in [6.07, 6.45) is 0.415. The summed E-state index contributed by atoms with van der Waals surface area (Å²) in [5.41, 5.74) is 0.897. The van der Waals surface area contributed by atoms with Crippen LogP contribution in [0.2, 0.25) is 0 Å². The molecule has 6 nitrogen and oxygen atoms in total. The maximum atomic E-state index is 11.9. The van der Waals surface area contributed by atoms with Crippen molar-refractivity contribution in [2.24, 2.45) is 0 Å². The fourth-order valence-electron chi connectivity index (χ4n) is 2.38. The van der Waals surface area contributed by atoms with Crippen molar-refractivity contribution in [2.75, 3.05) is 20.2 Å². The van der Waals surface area contributed by atoms with Crippen molar-refractivity contribution in [3.63, 3.8) is 0 Å². The molecule has 1 aromatic carbocycles. The molecule has 2 rings (SSSR count). The molecule has 0 saturated carbocycles. The highest BCUT2D eigenvalue weighted by Gasteiger charge is 2.34. The second-order valence-corrected chi connectivity index (χ2v) is 5.15. The van der Waals surface area contributed by atoms with E-state index in [-0.39, 0.29) is 25.4 Å². The Morgan fingerprint density at radius 3 is 2.68 bits per heavy atom. The van der Waals surface area contributed by atoms with Gasteiger partial charge < -0.3 is 9.47 Å². The SMILES string of the molecule is COC(=O)C1CC(=O)CCN1CC(=O)OCc1ccccc1. The van der Waals surface area contributed by atoms with Crippen molar-refractivity contribution in [2.45, 2.75) is 25.5 Å². The van der Waals surface area contributed by atoms with Gasteiger partial charge in [-0.05, 0) is 5.56 Å². The van der Waals surface area contributed by atoms with Gasteiger partial charge in [-0.2, -0.15) is 0 Å². The summed E-state index contributed by atoms with van der Waals surface area (Å²) < 4.78 is 9.90. The molecule has 1 fully saturated rings. The van der Waals surface area contributed by atoms with Crippen molar-refractivity contribution in [3.05, 3.63) is 35.9 Å². The summed E-state index contributed by atoms with van der Waals surface area (Å²) in [6.45, 7) is 0.522. The molecular weight excluding hydrogens is 286 g/mol. The van der Waals surface area contributed by atoms with Crippen LogP contribution in [0.3, 0.4) is 0 Å². The van der Waals surface area contributed by atoms with Crippen LogP contribution in [-0.4, -0.2) is 48.9 Å². The number of piperidine rings is 1. The van der Waals surface area contributed by atoms with E-state index in [4.69, 9.17) is 9.47 Å². The Morgan fingerprint density at radius 2 is 2.00 bits per heavy atom. The summed E-state index contributed by atoms with van der Waals surface area (Å²) in [5, 5.41) is 0. The Kier molecular flexibility index (Phi) is 5.66. The molecule has 0 N–H and O–H groups in total. The first-order valence-electron chi connectivity index (χ1n) is 7.13. The largest absolute Gasteiger partial charge is 0.468 e. The highest BCUT2D eigenvalue weighted by Crippen LogP contribution is 2.15. The van der Waals surface area contributed by atoms with E-state index in [0.29, 0.717) is 13.0 Å². The van der Waals surface area contributed by atoms with Crippen molar-refractivity contribution in [1.29, 1.82) is 0 Å². The molecule has 0 aromatic heterocycles. The quantitative estimate of drug-likeness (QED) is 0.754. The highest BCUT2D eigenvalue weighted by molar-refractivity contribution is 5.88. The van der Waals surface area contributed by atoms with Gasteiger partial charge in [0.1, 0.15) is 18.4 Å². The fraction of sp³-hybridized carbons (Fsp3) is 0.438. The normalized spacial score (nSPS) is 18.8. The van der Waals surface area contributed by atoms with Crippen LogP contribution in [-0.2, 0) is 30.5 Å². The first-order valence-corrected chi connectivity index (χ1v) is 7.13. The van der Waals surface area contributed by atoms with E-state index >= 15 is 0 Å². The fourth-order valence-corrected chi connectivity index (χ4v) is 2.38. The molecule has 0 amide bonds. The molecule has 1 aromatic rings. The summed E-state index contributed by atoms with van der Waals surface area (Å²) in [7, 11) is 1.27. The second kappa shape index (κ2) is 7.70. The van der Waals surface area contributed by atoms with Crippen LogP contribution >= 0.6 is 0 Å². The number of carbonyl (C=O) groups excluding carboxylic acids is 3. The maximum Gasteiger partial charge on any atom is 0.323 e. The summed E-state index contributed by atoms with van der Waals surface area (Å²) in [5.74, 6) is -0.916. The van der Waals surface area contributed by atoms with E-state index in [1.807, 2.05) is 30.3 Å². The van der Waals surface area contributed by atoms with E-state index in [1.165, 1.54) is 7.11 Å². The van der Waals surface area contributed by atoms with Gasteiger partial charge in [0, 0.05) is 19.4 Å². The van der Waals surface area contributed by atoms with Crippen LogP contribution in [0.4, 0.5) is 0 Å². The molecule has 1 aliphatic heterocycles. The zero-order valence-electron chi connectivity index (χ0n) is 12.5. The highest BCUT2D eigenvalue weighted by atomic mass is 16.5. The predicted molar refractivity (Wildman–Crippen MR) is 77.9 cm³/mol. The number of rotatable bonds is 5. The first-order chi connectivity index (χ1) is 10.6. The van der Waals surface area contributed by atoms with E-state index in [2.05, 4.69) is 0 Å². The molecule has 6 heteroatoms. The number of likely N-dealkylation sites (tertiary alicyclic amines) is 1. The molecule has 1 saturated heterocycles. The first kappa shape index (κ1) is 16.2. The lowest BCUT2D eigenvalue weighted by molar-refractivity contribution is -0.155. The lowest BCUT2D eigenvalue weighted by atomic mass is 10.0. The number of methoxy groups -OCH3 is 1. The van der Waals surface area contributed by atoms with Gasteiger partial charge in [-0.3, -0.25) is 19.3 Å². The monoisotopic (exact) mass is 305 g/mol. The Bertz CT molecular complexity index is 543. The van der Waals surface area contributed by atoms with E-state index < -0.39 is 18.0 Å².